The van der Waals surface area contributed by atoms with E-state index in [2.05, 4.69) is 4.98 Å². The molecule has 1 aliphatic heterocycles. The van der Waals surface area contributed by atoms with Crippen molar-refractivity contribution in [2.75, 3.05) is 13.1 Å². The van der Waals surface area contributed by atoms with Gasteiger partial charge in [-0.1, -0.05) is 27.7 Å². The van der Waals surface area contributed by atoms with Crippen molar-refractivity contribution >= 4 is 22.7 Å². The number of fused-ring (bicyclic) bond motifs is 1. The van der Waals surface area contributed by atoms with Gasteiger partial charge in [-0.2, -0.15) is 18.4 Å². The van der Waals surface area contributed by atoms with Crippen molar-refractivity contribution < 1.29 is 27.9 Å². The number of hydrogen-bond acceptors (Lipinski definition) is 5. The molecule has 1 aromatic carbocycles. The number of pyridine rings is 1. The number of amides is 1. The van der Waals surface area contributed by atoms with Crippen LogP contribution in [0.25, 0.3) is 11.0 Å². The maximum absolute atomic E-state index is 14.7. The first-order valence-electron chi connectivity index (χ1n) is 13.2. The summed E-state index contributed by atoms with van der Waals surface area (Å²) in [5.74, 6) is -1.33. The van der Waals surface area contributed by atoms with E-state index < -0.39 is 23.9 Å². The minimum Gasteiger partial charge on any atom is -0.508 e. The molecule has 40 heavy (non-hydrogen) atoms. The van der Waals surface area contributed by atoms with Gasteiger partial charge in [-0.25, -0.2) is 4.98 Å². The van der Waals surface area contributed by atoms with E-state index in [-0.39, 0.29) is 56.6 Å². The molecule has 1 N–H and O–H groups in total. The number of Topliss-reactive ketones (excluding diaryl/α,β-unsaturated/α-hetero) is 1. The van der Waals surface area contributed by atoms with Crippen LogP contribution in [0.3, 0.4) is 0 Å². The lowest BCUT2D eigenvalue weighted by atomic mass is 9.80. The summed E-state index contributed by atoms with van der Waals surface area (Å²) in [6.45, 7) is 8.83. The molecule has 0 bridgehead atoms. The van der Waals surface area contributed by atoms with Gasteiger partial charge in [-0.05, 0) is 53.5 Å². The fourth-order valence-electron chi connectivity index (χ4n) is 5.35. The third-order valence-corrected chi connectivity index (χ3v) is 8.01. The molecule has 10 heteroatoms. The fraction of sp³-hybridized carbons (Fsp3) is 0.467. The lowest BCUT2D eigenvalue weighted by Crippen LogP contribution is -2.43. The van der Waals surface area contributed by atoms with Crippen LogP contribution in [0, 0.1) is 22.7 Å². The zero-order valence-electron chi connectivity index (χ0n) is 23.3. The average molecular weight is 555 g/mol. The molecule has 1 fully saturated rings. The largest absolute Gasteiger partial charge is 0.508 e. The Balaban J connectivity index is 1.70. The molecule has 1 amide bonds. The first kappa shape index (κ1) is 29.1. The summed E-state index contributed by atoms with van der Waals surface area (Å²) in [6, 6.07) is 5.37. The highest BCUT2D eigenvalue weighted by Gasteiger charge is 2.40. The van der Waals surface area contributed by atoms with Gasteiger partial charge in [0.1, 0.15) is 11.4 Å². The number of aryl methyl sites for hydroxylation is 1. The number of ketones is 1. The van der Waals surface area contributed by atoms with E-state index in [0.29, 0.717) is 31.5 Å². The van der Waals surface area contributed by atoms with E-state index in [4.69, 9.17) is 5.26 Å². The maximum Gasteiger partial charge on any atom is 0.417 e. The van der Waals surface area contributed by atoms with Crippen molar-refractivity contribution in [3.8, 4) is 11.8 Å². The lowest BCUT2D eigenvalue weighted by molar-refractivity contribution is -0.139. The topological polar surface area (TPSA) is 99.2 Å². The predicted octanol–water partition coefficient (Wildman–Crippen LogP) is 5.98. The van der Waals surface area contributed by atoms with Gasteiger partial charge in [-0.15, -0.1) is 0 Å². The van der Waals surface area contributed by atoms with Gasteiger partial charge in [-0.3, -0.25) is 9.59 Å². The molecule has 2 aromatic heterocycles. The van der Waals surface area contributed by atoms with E-state index in [9.17, 15) is 27.9 Å². The number of likely N-dealkylation sites (tertiary alicyclic amines) is 1. The van der Waals surface area contributed by atoms with Gasteiger partial charge in [0.2, 0.25) is 5.91 Å². The quantitative estimate of drug-likeness (QED) is 0.391. The van der Waals surface area contributed by atoms with Crippen molar-refractivity contribution in [2.45, 2.75) is 59.1 Å². The Hall–Kier alpha value is -3.87. The van der Waals surface area contributed by atoms with Gasteiger partial charge in [0, 0.05) is 55.8 Å². The van der Waals surface area contributed by atoms with Crippen LogP contribution in [0.5, 0.6) is 5.75 Å². The summed E-state index contributed by atoms with van der Waals surface area (Å²) < 4.78 is 45.5. The third kappa shape index (κ3) is 5.69. The lowest BCUT2D eigenvalue weighted by Gasteiger charge is -2.37. The Morgan fingerprint density at radius 2 is 1.82 bits per heavy atom. The molecule has 0 saturated carbocycles. The number of aromatic nitrogens is 2. The molecular weight excluding hydrogens is 521 g/mol. The number of carbonyl (C=O) groups is 2. The van der Waals surface area contributed by atoms with Gasteiger partial charge < -0.3 is 14.6 Å². The average Bonchev–Trinajstić information content (AvgIpc) is 3.22. The zero-order valence-corrected chi connectivity index (χ0v) is 23.3. The minimum atomic E-state index is -4.76. The summed E-state index contributed by atoms with van der Waals surface area (Å²) in [6.07, 6.45) is -1.58. The molecule has 7 nitrogen and oxygen atoms in total. The van der Waals surface area contributed by atoms with Gasteiger partial charge in [0.25, 0.3) is 0 Å². The highest BCUT2D eigenvalue weighted by molar-refractivity contribution is 5.99. The number of nitrogens with zero attached hydrogens (tertiary/aromatic N) is 4. The molecule has 0 aliphatic carbocycles. The number of halogens is 3. The van der Waals surface area contributed by atoms with Gasteiger partial charge >= 0.3 is 6.18 Å². The molecule has 0 spiro atoms. The van der Waals surface area contributed by atoms with E-state index in [1.807, 2.05) is 33.8 Å². The minimum absolute atomic E-state index is 0.0261. The number of aromatic hydroxyl groups is 1. The summed E-state index contributed by atoms with van der Waals surface area (Å²) in [5.41, 5.74) is -0.721. The molecule has 212 valence electrons. The number of alkyl halides is 3. The van der Waals surface area contributed by atoms with Crippen LogP contribution in [-0.2, 0) is 24.4 Å². The summed E-state index contributed by atoms with van der Waals surface area (Å²) in [4.78, 5) is 32.1. The Kier molecular flexibility index (Phi) is 7.72. The van der Waals surface area contributed by atoms with Crippen molar-refractivity contribution in [3.63, 3.8) is 0 Å². The van der Waals surface area contributed by atoms with Crippen molar-refractivity contribution in [1.29, 1.82) is 5.26 Å². The molecule has 0 unspecified atom stereocenters. The smallest absolute Gasteiger partial charge is 0.417 e. The van der Waals surface area contributed by atoms with Crippen molar-refractivity contribution in [2.24, 2.45) is 18.4 Å². The van der Waals surface area contributed by atoms with Crippen molar-refractivity contribution in [1.82, 2.24) is 14.5 Å². The van der Waals surface area contributed by atoms with Crippen LogP contribution in [0.15, 0.2) is 30.6 Å². The number of phenols is 1. The van der Waals surface area contributed by atoms with Crippen LogP contribution in [0.1, 0.15) is 79.1 Å². The van der Waals surface area contributed by atoms with E-state index in [1.165, 1.54) is 12.1 Å². The van der Waals surface area contributed by atoms with Crippen LogP contribution >= 0.6 is 0 Å². The Morgan fingerprint density at radius 3 is 2.40 bits per heavy atom. The molecule has 1 atom stereocenters. The first-order chi connectivity index (χ1) is 18.6. The first-order valence-corrected chi connectivity index (χ1v) is 13.2. The second kappa shape index (κ2) is 10.6. The number of nitriles is 1. The van der Waals surface area contributed by atoms with Gasteiger partial charge in [0.15, 0.2) is 5.78 Å². The molecule has 0 radical (unpaired) electrons. The van der Waals surface area contributed by atoms with Gasteiger partial charge in [0.05, 0.1) is 17.2 Å². The fourth-order valence-corrected chi connectivity index (χ4v) is 5.35. The number of benzene rings is 1. The van der Waals surface area contributed by atoms with E-state index in [1.54, 1.807) is 22.7 Å². The van der Waals surface area contributed by atoms with Crippen LogP contribution in [0.4, 0.5) is 13.2 Å². The highest BCUT2D eigenvalue weighted by Crippen LogP contribution is 2.43. The van der Waals surface area contributed by atoms with Crippen LogP contribution in [-0.4, -0.2) is 44.3 Å². The standard InChI is InChI=1S/C30H33F3N4O3/c1-17(29(2,3)4)28(40)37-8-6-19(7-9-37)23-16-36(5)27-25(23)26(30(31,32)33)21(15-35-27)13-24(39)20-10-18(14-34)11-22(38)12-20/h10-12,15-17,19,38H,6-9,13H2,1-5H3/t17-/m0/s1. The summed E-state index contributed by atoms with van der Waals surface area (Å²) >= 11 is 0. The van der Waals surface area contributed by atoms with Crippen LogP contribution < -0.4 is 0 Å². The third-order valence-electron chi connectivity index (χ3n) is 8.01. The molecule has 1 aliphatic rings. The summed E-state index contributed by atoms with van der Waals surface area (Å²) in [7, 11) is 1.64. The second-order valence-corrected chi connectivity index (χ2v) is 11.7. The zero-order chi connectivity index (χ0) is 29.6. The molecule has 1 saturated heterocycles. The Bertz CT molecular complexity index is 1500. The molecule has 3 aromatic rings. The molecular formula is C30H33F3N4O3. The van der Waals surface area contributed by atoms with Crippen molar-refractivity contribution in [3.05, 3.63) is 58.4 Å². The number of rotatable bonds is 5. The molecule has 3 heterocycles. The normalized spacial score (nSPS) is 15.7. The maximum atomic E-state index is 14.7. The Morgan fingerprint density at radius 1 is 1.18 bits per heavy atom. The predicted molar refractivity (Wildman–Crippen MR) is 144 cm³/mol. The SMILES string of the molecule is C[C@@H](C(=O)N1CCC(c2cn(C)c3ncc(CC(=O)c4cc(O)cc(C#N)c4)c(C(F)(F)F)c23)CC1)C(C)(C)C. The number of piperidine rings is 1. The molecule has 4 rings (SSSR count). The second-order valence-electron chi connectivity index (χ2n) is 11.7. The monoisotopic (exact) mass is 554 g/mol. The number of carbonyl (C=O) groups excluding carboxylic acids is 2. The number of hydrogen-bond donors (Lipinski definition) is 1. The highest BCUT2D eigenvalue weighted by atomic mass is 19.4. The van der Waals surface area contributed by atoms with E-state index in [0.717, 1.165) is 12.3 Å². The number of phenolic OH excluding ortho intramolecular Hbond substituents is 1. The summed E-state index contributed by atoms with van der Waals surface area (Å²) in [5, 5.41) is 19.0. The van der Waals surface area contributed by atoms with Crippen LogP contribution in [0.2, 0.25) is 0 Å². The Labute approximate surface area is 231 Å². The van der Waals surface area contributed by atoms with E-state index >= 15 is 0 Å².